The minimum atomic E-state index is -1.72. The van der Waals surface area contributed by atoms with Crippen molar-refractivity contribution in [1.82, 2.24) is 30.7 Å². The predicted octanol–water partition coefficient (Wildman–Crippen LogP) is 3.14. The van der Waals surface area contributed by atoms with Crippen molar-refractivity contribution in [2.24, 2.45) is 28.7 Å². The van der Waals surface area contributed by atoms with E-state index in [0.717, 1.165) is 5.56 Å². The van der Waals surface area contributed by atoms with Crippen LogP contribution in [-0.2, 0) is 58.8 Å². The average Bonchev–Trinajstić information content (AvgIpc) is 3.97. The number of aliphatic imine (C=N–C) groups is 1. The highest BCUT2D eigenvalue weighted by Crippen LogP contribution is 2.41. The number of amides is 5. The van der Waals surface area contributed by atoms with Gasteiger partial charge in [0.2, 0.25) is 29.5 Å². The smallest absolute Gasteiger partial charge is 0.288 e. The Bertz CT molecular complexity index is 2150. The molecule has 20 heteroatoms. The molecule has 0 aliphatic carbocycles. The molecule has 0 spiro atoms. The van der Waals surface area contributed by atoms with Crippen LogP contribution < -0.4 is 16.0 Å². The fraction of sp³-hybridized carbons (Fsp3) is 0.782. The lowest BCUT2D eigenvalue weighted by Crippen LogP contribution is -2.61. The maximum absolute atomic E-state index is 15.0. The van der Waals surface area contributed by atoms with Crippen molar-refractivity contribution in [2.75, 3.05) is 40.8 Å². The number of carbonyl (C=O) groups excluding carboxylic acids is 5. The zero-order chi connectivity index (χ0) is 55.3. The molecule has 0 radical (unpaired) electrons. The van der Waals surface area contributed by atoms with E-state index in [1.165, 1.54) is 7.11 Å². The number of fused-ring (bicyclic) bond motifs is 2. The highest BCUT2D eigenvalue weighted by molar-refractivity contribution is 5.95. The van der Waals surface area contributed by atoms with Crippen molar-refractivity contribution in [3.63, 3.8) is 0 Å². The van der Waals surface area contributed by atoms with Crippen LogP contribution in [0.25, 0.3) is 0 Å². The van der Waals surface area contributed by atoms with Gasteiger partial charge in [-0.2, -0.15) is 0 Å². The van der Waals surface area contributed by atoms with E-state index in [-0.39, 0.29) is 55.8 Å². The molecule has 20 nitrogen and oxygen atoms in total. The Hall–Kier alpha value is -4.44. The maximum atomic E-state index is 15.0. The number of nitrogens with one attached hydrogen (secondary N) is 3. The van der Waals surface area contributed by atoms with Gasteiger partial charge in [-0.25, -0.2) is 4.99 Å². The molecule has 5 aliphatic heterocycles. The van der Waals surface area contributed by atoms with Crippen molar-refractivity contribution >= 4 is 35.6 Å². The number of carbonyl (C=O) groups is 5. The summed E-state index contributed by atoms with van der Waals surface area (Å²) in [5.41, 5.74) is -2.02. The molecule has 5 amide bonds. The Morgan fingerprint density at radius 3 is 2.27 bits per heavy atom. The van der Waals surface area contributed by atoms with Gasteiger partial charge in [0.05, 0.1) is 54.1 Å². The Labute approximate surface area is 444 Å². The van der Waals surface area contributed by atoms with E-state index in [1.807, 2.05) is 90.7 Å². The van der Waals surface area contributed by atoms with E-state index in [0.29, 0.717) is 38.2 Å². The summed E-state index contributed by atoms with van der Waals surface area (Å²) in [5.74, 6) is -5.15. The van der Waals surface area contributed by atoms with E-state index >= 15 is 0 Å². The zero-order valence-electron chi connectivity index (χ0n) is 46.9. The SMILES string of the molecule is CC[C@H](C)[C@@H]1NC(=O)[C@H](C)[C@@H](O[C@H]2C[C@@](C)(OC)[C@@H](O)[C@H](C)O2)[C@H](C)[C@@H](O[C@@H]2O[C@H](C)C[C@H]3[C@H]2O/C(=N/C(C)C)N3C)[C@](C)(O)C[C@@H](C)CN(C)C(=O)[C@@H]2CCCN2C(=O)[C@H](Cc2ccccc2)NC(=O)CNC1=O. The summed E-state index contributed by atoms with van der Waals surface area (Å²) in [6, 6.07) is 6.49. The van der Waals surface area contributed by atoms with Crippen LogP contribution in [-0.4, -0.2) is 192 Å². The van der Waals surface area contributed by atoms with Gasteiger partial charge in [0.25, 0.3) is 6.02 Å². The zero-order valence-corrected chi connectivity index (χ0v) is 46.9. The number of rotatable bonds is 10. The molecular formula is C55H89N7O13. The third-order valence-electron chi connectivity index (χ3n) is 16.3. The van der Waals surface area contributed by atoms with Crippen LogP contribution in [0.1, 0.15) is 120 Å². The number of methoxy groups -OCH3 is 1. The van der Waals surface area contributed by atoms with Crippen LogP contribution >= 0.6 is 0 Å². The Balaban J connectivity index is 1.43. The molecule has 0 aromatic heterocycles. The molecule has 0 saturated carbocycles. The number of nitrogens with zero attached hydrogens (tertiary/aromatic N) is 4. The lowest BCUT2D eigenvalue weighted by molar-refractivity contribution is -0.313. The number of hydrogen-bond donors (Lipinski definition) is 5. The van der Waals surface area contributed by atoms with Crippen LogP contribution in [0.4, 0.5) is 0 Å². The number of ether oxygens (including phenoxy) is 6. The Morgan fingerprint density at radius 2 is 1.61 bits per heavy atom. The fourth-order valence-corrected chi connectivity index (χ4v) is 11.8. The molecule has 5 saturated heterocycles. The third-order valence-corrected chi connectivity index (χ3v) is 16.3. The van der Waals surface area contributed by atoms with Crippen LogP contribution in [0.3, 0.4) is 0 Å². The highest BCUT2D eigenvalue weighted by Gasteiger charge is 2.54. The summed E-state index contributed by atoms with van der Waals surface area (Å²) in [4.78, 5) is 82.0. The molecule has 18 atom stereocenters. The van der Waals surface area contributed by atoms with Crippen LogP contribution in [0.5, 0.6) is 0 Å². The Kier molecular flexibility index (Phi) is 20.2. The van der Waals surface area contributed by atoms with Gasteiger partial charge in [-0.3, -0.25) is 24.0 Å². The molecule has 0 unspecified atom stereocenters. The van der Waals surface area contributed by atoms with Crippen molar-refractivity contribution in [1.29, 1.82) is 0 Å². The van der Waals surface area contributed by atoms with E-state index in [1.54, 1.807) is 44.5 Å². The molecular weight excluding hydrogens is 967 g/mol. The molecule has 1 aromatic rings. The number of benzene rings is 1. The van der Waals surface area contributed by atoms with Gasteiger partial charge < -0.3 is 69.3 Å². The van der Waals surface area contributed by atoms with Crippen molar-refractivity contribution in [2.45, 2.75) is 212 Å². The van der Waals surface area contributed by atoms with Crippen LogP contribution in [0.2, 0.25) is 0 Å². The van der Waals surface area contributed by atoms with Gasteiger partial charge in [-0.15, -0.1) is 0 Å². The average molecular weight is 1060 g/mol. The van der Waals surface area contributed by atoms with E-state index < -0.39 is 120 Å². The normalized spacial score (nSPS) is 39.2. The highest BCUT2D eigenvalue weighted by atomic mass is 16.7. The van der Waals surface area contributed by atoms with Crippen molar-refractivity contribution in [3.05, 3.63) is 35.9 Å². The molecule has 0 bridgehead atoms. The lowest BCUT2D eigenvalue weighted by Gasteiger charge is -2.48. The first-order valence-corrected chi connectivity index (χ1v) is 27.3. The monoisotopic (exact) mass is 1060 g/mol. The summed E-state index contributed by atoms with van der Waals surface area (Å²) >= 11 is 0. The van der Waals surface area contributed by atoms with E-state index in [4.69, 9.17) is 33.4 Å². The van der Waals surface area contributed by atoms with Gasteiger partial charge in [0.15, 0.2) is 18.7 Å². The van der Waals surface area contributed by atoms with Gasteiger partial charge in [-0.1, -0.05) is 71.4 Å². The predicted molar refractivity (Wildman–Crippen MR) is 280 cm³/mol. The number of aliphatic hydroxyl groups is 2. The van der Waals surface area contributed by atoms with Gasteiger partial charge >= 0.3 is 0 Å². The lowest BCUT2D eigenvalue weighted by atomic mass is 9.77. The summed E-state index contributed by atoms with van der Waals surface area (Å²) in [7, 11) is 5.11. The maximum Gasteiger partial charge on any atom is 0.288 e. The number of amidine groups is 1. The summed E-state index contributed by atoms with van der Waals surface area (Å²) in [5, 5.41) is 32.9. The molecule has 6 rings (SSSR count). The molecule has 5 heterocycles. The topological polar surface area (TPSA) is 239 Å². The second-order valence-electron chi connectivity index (χ2n) is 23.0. The third kappa shape index (κ3) is 14.2. The number of likely N-dealkylation sites (N-methyl/N-ethyl adjacent to an activating group) is 2. The minimum Gasteiger partial charge on any atom is -0.454 e. The summed E-state index contributed by atoms with van der Waals surface area (Å²) in [6.45, 7) is 20.2. The summed E-state index contributed by atoms with van der Waals surface area (Å²) in [6.07, 6.45) is -4.60. The molecule has 1 aromatic carbocycles. The van der Waals surface area contributed by atoms with Crippen molar-refractivity contribution in [3.8, 4) is 0 Å². The van der Waals surface area contributed by atoms with E-state index in [2.05, 4.69) is 16.0 Å². The fourth-order valence-electron chi connectivity index (χ4n) is 11.8. The second-order valence-corrected chi connectivity index (χ2v) is 23.0. The van der Waals surface area contributed by atoms with Crippen LogP contribution in [0.15, 0.2) is 35.3 Å². The molecule has 5 N–H and O–H groups in total. The van der Waals surface area contributed by atoms with Gasteiger partial charge in [0.1, 0.15) is 24.2 Å². The second kappa shape index (κ2) is 25.4. The number of aliphatic hydroxyl groups excluding tert-OH is 1. The standard InChI is InChI=1S/C55H89N7O13/c1-15-32(5)43-49(66)56-28-41(63)58-38(25-37-20-17-16-18-21-37)50(67)62-23-19-22-39(62)51(68)60(12)29-31(4)26-54(10,69)47(75-52-45-40(24-33(6)71-52)61(13)53(74-45)57-30(2)3)34(7)44(35(8)48(65)59-43)73-42-27-55(11,70-14)46(64)36(9)72-42/h16-18,20-21,30-36,38-40,42-47,52,64,69H,15,19,22-29H2,1-14H3,(H,56,66)(H,58,63)(H,59,65)/b57-53+/t31-,32+,33-,34+,35-,36+,38+,39+,40+,42+,43+,44+,45-,46+,47-,52+,54-,55-/m1/s1. The molecule has 422 valence electrons. The minimum absolute atomic E-state index is 0.0623. The molecule has 5 aliphatic rings. The van der Waals surface area contributed by atoms with Gasteiger partial charge in [-0.05, 0) is 84.6 Å². The molecule has 75 heavy (non-hydrogen) atoms. The van der Waals surface area contributed by atoms with Crippen molar-refractivity contribution < 1.29 is 62.6 Å². The number of hydrogen-bond acceptors (Lipinski definition) is 14. The molecule has 5 fully saturated rings. The quantitative estimate of drug-likeness (QED) is 0.227. The Morgan fingerprint density at radius 1 is 0.920 bits per heavy atom. The first-order chi connectivity index (χ1) is 35.3. The van der Waals surface area contributed by atoms with Gasteiger partial charge in [0, 0.05) is 59.1 Å². The van der Waals surface area contributed by atoms with Crippen LogP contribution in [0, 0.1) is 23.7 Å². The summed E-state index contributed by atoms with van der Waals surface area (Å²) < 4.78 is 39.4. The first kappa shape index (κ1) is 59.8. The first-order valence-electron chi connectivity index (χ1n) is 27.3. The van der Waals surface area contributed by atoms with E-state index in [9.17, 15) is 34.2 Å². The largest absolute Gasteiger partial charge is 0.454 e.